The van der Waals surface area contributed by atoms with Crippen molar-refractivity contribution in [3.8, 4) is 0 Å². The minimum absolute atomic E-state index is 0.0394. The fraction of sp³-hybridized carbons (Fsp3) is 0.429. The highest BCUT2D eigenvalue weighted by molar-refractivity contribution is 6.10. The third-order valence-electron chi connectivity index (χ3n) is 1.31. The number of rotatable bonds is 2. The number of hydrogen-bond donors (Lipinski definition) is 0. The summed E-state index contributed by atoms with van der Waals surface area (Å²) in [5, 5.41) is 0. The molecule has 0 aliphatic carbocycles. The summed E-state index contributed by atoms with van der Waals surface area (Å²) in [6.45, 7) is 3.59. The molecule has 60 valence electrons. The van der Waals surface area contributed by atoms with Gasteiger partial charge < -0.3 is 9.47 Å². The molecule has 1 heterocycles. The highest BCUT2D eigenvalue weighted by Crippen LogP contribution is 2.17. The average molecular weight is 156 g/mol. The van der Waals surface area contributed by atoms with E-state index in [1.807, 2.05) is 0 Å². The molecule has 0 fully saturated rings. The van der Waals surface area contributed by atoms with Gasteiger partial charge in [-0.1, -0.05) is 0 Å². The number of ether oxygens (including phenoxy) is 2. The van der Waals surface area contributed by atoms with Crippen molar-refractivity contribution in [1.29, 1.82) is 0 Å². The fourth-order valence-electron chi connectivity index (χ4n) is 0.764. The van der Waals surface area contributed by atoms with Crippen LogP contribution < -0.4 is 0 Å². The predicted molar refractivity (Wildman–Crippen MR) is 35.4 cm³/mol. The molecular weight excluding hydrogens is 148 g/mol. The van der Waals surface area contributed by atoms with Gasteiger partial charge in [0, 0.05) is 0 Å². The van der Waals surface area contributed by atoms with Crippen LogP contribution in [0.15, 0.2) is 11.3 Å². The van der Waals surface area contributed by atoms with E-state index in [0.29, 0.717) is 6.61 Å². The minimum Gasteiger partial charge on any atom is -0.486 e. The Bertz CT molecular complexity index is 239. The molecule has 1 rings (SSSR count). The molecule has 0 saturated carbocycles. The summed E-state index contributed by atoms with van der Waals surface area (Å²) < 4.78 is 9.14. The van der Waals surface area contributed by atoms with Crippen molar-refractivity contribution in [3.05, 3.63) is 11.3 Å². The van der Waals surface area contributed by atoms with Crippen LogP contribution >= 0.6 is 0 Å². The molecule has 0 N–H and O–H groups in total. The van der Waals surface area contributed by atoms with E-state index in [1.54, 1.807) is 6.92 Å². The lowest BCUT2D eigenvalue weighted by Crippen LogP contribution is -2.04. The van der Waals surface area contributed by atoms with Crippen molar-refractivity contribution in [1.82, 2.24) is 0 Å². The summed E-state index contributed by atoms with van der Waals surface area (Å²) >= 11 is 0. The first-order valence-corrected chi connectivity index (χ1v) is 3.27. The number of carbonyl (C=O) groups is 2. The third kappa shape index (κ3) is 1.24. The van der Waals surface area contributed by atoms with Crippen molar-refractivity contribution in [2.75, 3.05) is 6.61 Å². The monoisotopic (exact) mass is 156 g/mol. The Labute approximate surface area is 63.8 Å². The van der Waals surface area contributed by atoms with Crippen molar-refractivity contribution in [2.24, 2.45) is 0 Å². The molecule has 0 aromatic heterocycles. The number of cyclic esters (lactones) is 2. The first-order valence-electron chi connectivity index (χ1n) is 3.27. The smallest absolute Gasteiger partial charge is 0.382 e. The summed E-state index contributed by atoms with van der Waals surface area (Å²) in [5.74, 6) is -1.26. The SMILES string of the molecule is CCOC1=C(C)C(=O)OC1=O. The van der Waals surface area contributed by atoms with Crippen molar-refractivity contribution in [2.45, 2.75) is 13.8 Å². The Morgan fingerprint density at radius 1 is 1.36 bits per heavy atom. The van der Waals surface area contributed by atoms with Gasteiger partial charge in [0.2, 0.25) is 5.76 Å². The van der Waals surface area contributed by atoms with Gasteiger partial charge in [-0.15, -0.1) is 0 Å². The Balaban J connectivity index is 2.87. The summed E-state index contributed by atoms with van der Waals surface area (Å²) in [5.41, 5.74) is 0.247. The molecule has 4 nitrogen and oxygen atoms in total. The zero-order valence-corrected chi connectivity index (χ0v) is 6.34. The largest absolute Gasteiger partial charge is 0.486 e. The maximum absolute atomic E-state index is 10.8. The van der Waals surface area contributed by atoms with Crippen LogP contribution in [0.25, 0.3) is 0 Å². The Kier molecular flexibility index (Phi) is 1.94. The molecule has 0 radical (unpaired) electrons. The van der Waals surface area contributed by atoms with Crippen LogP contribution in [-0.2, 0) is 19.1 Å². The van der Waals surface area contributed by atoms with E-state index < -0.39 is 11.9 Å². The molecule has 1 aliphatic heterocycles. The summed E-state index contributed by atoms with van der Waals surface area (Å²) in [6.07, 6.45) is 0. The first kappa shape index (κ1) is 7.78. The fourth-order valence-corrected chi connectivity index (χ4v) is 0.764. The number of hydrogen-bond acceptors (Lipinski definition) is 4. The van der Waals surface area contributed by atoms with E-state index in [1.165, 1.54) is 6.92 Å². The van der Waals surface area contributed by atoms with Gasteiger partial charge in [0.25, 0.3) is 0 Å². The molecular formula is C7H8O4. The Hall–Kier alpha value is -1.32. The predicted octanol–water partition coefficient (Wildman–Crippen LogP) is 0.380. The molecule has 11 heavy (non-hydrogen) atoms. The summed E-state index contributed by atoms with van der Waals surface area (Å²) in [4.78, 5) is 21.4. The average Bonchev–Trinajstić information content (AvgIpc) is 2.17. The maximum Gasteiger partial charge on any atom is 0.382 e. The van der Waals surface area contributed by atoms with Gasteiger partial charge >= 0.3 is 11.9 Å². The highest BCUT2D eigenvalue weighted by Gasteiger charge is 2.31. The van der Waals surface area contributed by atoms with Crippen molar-refractivity contribution < 1.29 is 19.1 Å². The number of esters is 2. The van der Waals surface area contributed by atoms with Gasteiger partial charge in [-0.25, -0.2) is 9.59 Å². The van der Waals surface area contributed by atoms with Crippen LogP contribution in [0.3, 0.4) is 0 Å². The van der Waals surface area contributed by atoms with Gasteiger partial charge in [0.05, 0.1) is 12.2 Å². The van der Waals surface area contributed by atoms with E-state index >= 15 is 0 Å². The maximum atomic E-state index is 10.8. The molecule has 1 aliphatic rings. The topological polar surface area (TPSA) is 52.6 Å². The normalized spacial score (nSPS) is 17.3. The molecule has 0 saturated heterocycles. The van der Waals surface area contributed by atoms with E-state index in [4.69, 9.17) is 4.74 Å². The van der Waals surface area contributed by atoms with Gasteiger partial charge in [0.15, 0.2) is 0 Å². The van der Waals surface area contributed by atoms with E-state index in [2.05, 4.69) is 4.74 Å². The molecule has 0 aromatic carbocycles. The molecule has 0 aromatic rings. The molecule has 0 spiro atoms. The lowest BCUT2D eigenvalue weighted by Gasteiger charge is -1.98. The van der Waals surface area contributed by atoms with Crippen LogP contribution in [-0.4, -0.2) is 18.5 Å². The minimum atomic E-state index is -0.686. The first-order chi connectivity index (χ1) is 5.16. The van der Waals surface area contributed by atoms with Crippen molar-refractivity contribution in [3.63, 3.8) is 0 Å². The second-order valence-electron chi connectivity index (χ2n) is 2.06. The lowest BCUT2D eigenvalue weighted by atomic mass is 10.3. The molecule has 0 bridgehead atoms. The van der Waals surface area contributed by atoms with Gasteiger partial charge in [0.1, 0.15) is 0 Å². The van der Waals surface area contributed by atoms with Gasteiger partial charge in [-0.05, 0) is 13.8 Å². The molecule has 4 heteroatoms. The Morgan fingerprint density at radius 2 is 2.00 bits per heavy atom. The highest BCUT2D eigenvalue weighted by atomic mass is 16.6. The number of carbonyl (C=O) groups excluding carboxylic acids is 2. The van der Waals surface area contributed by atoms with Crippen molar-refractivity contribution >= 4 is 11.9 Å². The van der Waals surface area contributed by atoms with E-state index in [9.17, 15) is 9.59 Å². The van der Waals surface area contributed by atoms with Crippen LogP contribution in [0.2, 0.25) is 0 Å². The van der Waals surface area contributed by atoms with E-state index in [0.717, 1.165) is 0 Å². The van der Waals surface area contributed by atoms with Crippen LogP contribution in [0, 0.1) is 0 Å². The third-order valence-corrected chi connectivity index (χ3v) is 1.31. The second-order valence-corrected chi connectivity index (χ2v) is 2.06. The molecule has 0 amide bonds. The zero-order chi connectivity index (χ0) is 8.43. The quantitative estimate of drug-likeness (QED) is 0.428. The van der Waals surface area contributed by atoms with Gasteiger partial charge in [-0.2, -0.15) is 0 Å². The van der Waals surface area contributed by atoms with Crippen LogP contribution in [0.4, 0.5) is 0 Å². The van der Waals surface area contributed by atoms with E-state index in [-0.39, 0.29) is 11.3 Å². The van der Waals surface area contributed by atoms with Crippen LogP contribution in [0.5, 0.6) is 0 Å². The second kappa shape index (κ2) is 2.74. The van der Waals surface area contributed by atoms with Gasteiger partial charge in [-0.3, -0.25) is 0 Å². The van der Waals surface area contributed by atoms with Crippen LogP contribution in [0.1, 0.15) is 13.8 Å². The summed E-state index contributed by atoms with van der Waals surface area (Å²) in [7, 11) is 0. The Morgan fingerprint density at radius 3 is 2.36 bits per heavy atom. The molecule has 0 unspecified atom stereocenters. The lowest BCUT2D eigenvalue weighted by molar-refractivity contribution is -0.152. The standard InChI is InChI=1S/C7H8O4/c1-3-10-5-4(2)6(8)11-7(5)9/h3H2,1-2H3. The zero-order valence-electron chi connectivity index (χ0n) is 6.34. The molecule has 0 atom stereocenters. The summed E-state index contributed by atoms with van der Waals surface area (Å²) in [6, 6.07) is 0.